The van der Waals surface area contributed by atoms with Crippen LogP contribution in [0.5, 0.6) is 11.5 Å². The molecule has 0 fully saturated rings. The molecular weight excluding hydrogens is 280 g/mol. The lowest BCUT2D eigenvalue weighted by atomic mass is 10.1. The van der Waals surface area contributed by atoms with E-state index >= 15 is 0 Å². The zero-order valence-corrected chi connectivity index (χ0v) is 12.5. The summed E-state index contributed by atoms with van der Waals surface area (Å²) in [7, 11) is 3.04. The Morgan fingerprint density at radius 2 is 1.90 bits per heavy atom. The molecule has 0 amide bonds. The summed E-state index contributed by atoms with van der Waals surface area (Å²) < 4.78 is 10.4. The number of benzene rings is 1. The largest absolute Gasteiger partial charge is 0.493 e. The fraction of sp³-hybridized carbons (Fsp3) is 0.286. The van der Waals surface area contributed by atoms with Crippen molar-refractivity contribution in [2.24, 2.45) is 0 Å². The minimum Gasteiger partial charge on any atom is -0.493 e. The maximum atomic E-state index is 11.8. The van der Waals surface area contributed by atoms with Gasteiger partial charge in [-0.25, -0.2) is 4.98 Å². The van der Waals surface area contributed by atoms with Crippen LogP contribution in [0.2, 0.25) is 5.02 Å². The molecule has 0 atom stereocenters. The van der Waals surface area contributed by atoms with Gasteiger partial charge in [-0.15, -0.1) is 0 Å². The van der Waals surface area contributed by atoms with E-state index in [9.17, 15) is 4.79 Å². The van der Waals surface area contributed by atoms with Gasteiger partial charge in [0.25, 0.3) is 5.56 Å². The average molecular weight is 295 g/mol. The van der Waals surface area contributed by atoms with E-state index in [0.29, 0.717) is 39.2 Å². The van der Waals surface area contributed by atoms with E-state index in [1.165, 1.54) is 14.2 Å². The molecular formula is C14H15ClN2O3. The van der Waals surface area contributed by atoms with Gasteiger partial charge >= 0.3 is 0 Å². The number of nitrogens with one attached hydrogen (secondary N) is 1. The smallest absolute Gasteiger partial charge is 0.254 e. The normalized spacial score (nSPS) is 10.4. The number of aromatic amines is 1. The summed E-state index contributed by atoms with van der Waals surface area (Å²) in [6.07, 6.45) is 0. The maximum absolute atomic E-state index is 11.8. The number of halogens is 1. The first-order valence-electron chi connectivity index (χ1n) is 5.98. The zero-order valence-electron chi connectivity index (χ0n) is 11.7. The number of methoxy groups -OCH3 is 2. The highest BCUT2D eigenvalue weighted by molar-refractivity contribution is 6.35. The number of ether oxygens (including phenoxy) is 2. The summed E-state index contributed by atoms with van der Waals surface area (Å²) in [5, 5.41) is 0.346. The SMILES string of the molecule is COc1ccc(-c2nc(C)c(C)c(=O)[nH]2)c(Cl)c1OC. The molecule has 5 nitrogen and oxygen atoms in total. The van der Waals surface area contributed by atoms with Gasteiger partial charge in [-0.05, 0) is 26.0 Å². The second-order valence-corrected chi connectivity index (χ2v) is 4.67. The van der Waals surface area contributed by atoms with E-state index in [2.05, 4.69) is 9.97 Å². The molecule has 0 spiro atoms. The van der Waals surface area contributed by atoms with E-state index in [0.717, 1.165) is 0 Å². The van der Waals surface area contributed by atoms with Gasteiger partial charge in [0, 0.05) is 16.8 Å². The van der Waals surface area contributed by atoms with Gasteiger partial charge in [0.05, 0.1) is 19.2 Å². The van der Waals surface area contributed by atoms with Crippen LogP contribution in [0.1, 0.15) is 11.3 Å². The van der Waals surface area contributed by atoms with Gasteiger partial charge in [-0.2, -0.15) is 0 Å². The van der Waals surface area contributed by atoms with Crippen molar-refractivity contribution in [3.8, 4) is 22.9 Å². The van der Waals surface area contributed by atoms with Gasteiger partial charge in [-0.1, -0.05) is 11.6 Å². The van der Waals surface area contributed by atoms with Crippen molar-refractivity contribution in [2.45, 2.75) is 13.8 Å². The van der Waals surface area contributed by atoms with Crippen LogP contribution in [0.4, 0.5) is 0 Å². The van der Waals surface area contributed by atoms with Gasteiger partial charge < -0.3 is 14.5 Å². The number of aromatic nitrogens is 2. The van der Waals surface area contributed by atoms with Crippen molar-refractivity contribution in [3.63, 3.8) is 0 Å². The quantitative estimate of drug-likeness (QED) is 0.945. The minimum atomic E-state index is -0.182. The summed E-state index contributed by atoms with van der Waals surface area (Å²) in [5.41, 5.74) is 1.66. The lowest BCUT2D eigenvalue weighted by Gasteiger charge is -2.12. The summed E-state index contributed by atoms with van der Waals surface area (Å²) >= 11 is 6.30. The topological polar surface area (TPSA) is 64.2 Å². The minimum absolute atomic E-state index is 0.182. The van der Waals surface area contributed by atoms with Crippen molar-refractivity contribution in [1.82, 2.24) is 9.97 Å². The Morgan fingerprint density at radius 1 is 1.20 bits per heavy atom. The van der Waals surface area contributed by atoms with Crippen molar-refractivity contribution in [1.29, 1.82) is 0 Å². The Labute approximate surface area is 121 Å². The third-order valence-electron chi connectivity index (χ3n) is 3.13. The number of H-pyrrole nitrogens is 1. The Hall–Kier alpha value is -2.01. The Morgan fingerprint density at radius 3 is 2.45 bits per heavy atom. The Bertz CT molecular complexity index is 710. The number of hydrogen-bond acceptors (Lipinski definition) is 4. The van der Waals surface area contributed by atoms with E-state index in [1.807, 2.05) is 0 Å². The first kappa shape index (κ1) is 14.4. The zero-order chi connectivity index (χ0) is 14.9. The lowest BCUT2D eigenvalue weighted by molar-refractivity contribution is 0.355. The van der Waals surface area contributed by atoms with E-state index in [1.54, 1.807) is 26.0 Å². The van der Waals surface area contributed by atoms with Gasteiger partial charge in [0.1, 0.15) is 5.82 Å². The van der Waals surface area contributed by atoms with Gasteiger partial charge in [-0.3, -0.25) is 4.79 Å². The van der Waals surface area contributed by atoms with Crippen LogP contribution >= 0.6 is 11.6 Å². The Balaban J connectivity index is 2.68. The molecule has 0 unspecified atom stereocenters. The average Bonchev–Trinajstić information content (AvgIpc) is 2.43. The standard InChI is InChI=1S/C14H15ClN2O3/c1-7-8(2)16-13(17-14(7)18)9-5-6-10(19-3)12(20-4)11(9)15/h5-6H,1-4H3,(H,16,17,18). The number of rotatable bonds is 3. The number of aryl methyl sites for hydroxylation is 1. The maximum Gasteiger partial charge on any atom is 0.254 e. The molecule has 2 aromatic rings. The molecule has 1 heterocycles. The van der Waals surface area contributed by atoms with Gasteiger partial charge in [0.15, 0.2) is 11.5 Å². The lowest BCUT2D eigenvalue weighted by Crippen LogP contribution is -2.14. The van der Waals surface area contributed by atoms with Crippen LogP contribution < -0.4 is 15.0 Å². The van der Waals surface area contributed by atoms with E-state index < -0.39 is 0 Å². The second-order valence-electron chi connectivity index (χ2n) is 4.29. The molecule has 106 valence electrons. The summed E-state index contributed by atoms with van der Waals surface area (Å²) in [6.45, 7) is 3.50. The third kappa shape index (κ3) is 2.36. The molecule has 1 N–H and O–H groups in total. The molecule has 0 aliphatic rings. The van der Waals surface area contributed by atoms with Crippen LogP contribution in [-0.4, -0.2) is 24.2 Å². The molecule has 1 aromatic heterocycles. The highest BCUT2D eigenvalue weighted by Gasteiger charge is 2.16. The molecule has 20 heavy (non-hydrogen) atoms. The molecule has 2 rings (SSSR count). The highest BCUT2D eigenvalue weighted by atomic mass is 35.5. The molecule has 0 saturated carbocycles. The first-order chi connectivity index (χ1) is 9.49. The summed E-state index contributed by atoms with van der Waals surface area (Å²) in [4.78, 5) is 18.9. The molecule has 0 aliphatic carbocycles. The predicted molar refractivity (Wildman–Crippen MR) is 77.9 cm³/mol. The van der Waals surface area contributed by atoms with Crippen LogP contribution in [0.3, 0.4) is 0 Å². The van der Waals surface area contributed by atoms with Gasteiger partial charge in [0.2, 0.25) is 0 Å². The van der Waals surface area contributed by atoms with Crippen LogP contribution in [0, 0.1) is 13.8 Å². The number of nitrogens with zero attached hydrogens (tertiary/aromatic N) is 1. The molecule has 0 aliphatic heterocycles. The monoisotopic (exact) mass is 294 g/mol. The van der Waals surface area contributed by atoms with Crippen LogP contribution in [0.25, 0.3) is 11.4 Å². The fourth-order valence-corrected chi connectivity index (χ4v) is 2.17. The van der Waals surface area contributed by atoms with Crippen molar-refractivity contribution < 1.29 is 9.47 Å². The molecule has 0 radical (unpaired) electrons. The van der Waals surface area contributed by atoms with Crippen molar-refractivity contribution in [2.75, 3.05) is 14.2 Å². The third-order valence-corrected chi connectivity index (χ3v) is 3.51. The van der Waals surface area contributed by atoms with Crippen LogP contribution in [0.15, 0.2) is 16.9 Å². The second kappa shape index (κ2) is 5.54. The summed E-state index contributed by atoms with van der Waals surface area (Å²) in [6, 6.07) is 3.45. The highest BCUT2D eigenvalue weighted by Crippen LogP contribution is 2.40. The van der Waals surface area contributed by atoms with Crippen molar-refractivity contribution >= 4 is 11.6 Å². The first-order valence-corrected chi connectivity index (χ1v) is 6.35. The Kier molecular flexibility index (Phi) is 3.99. The van der Waals surface area contributed by atoms with Crippen LogP contribution in [-0.2, 0) is 0 Å². The summed E-state index contributed by atoms with van der Waals surface area (Å²) in [5.74, 6) is 1.34. The molecule has 6 heteroatoms. The predicted octanol–water partition coefficient (Wildman–Crippen LogP) is 2.72. The van der Waals surface area contributed by atoms with E-state index in [4.69, 9.17) is 21.1 Å². The molecule has 0 saturated heterocycles. The molecule has 1 aromatic carbocycles. The number of hydrogen-bond donors (Lipinski definition) is 1. The fourth-order valence-electron chi connectivity index (χ4n) is 1.84. The molecule has 0 bridgehead atoms. The van der Waals surface area contributed by atoms with E-state index in [-0.39, 0.29) is 5.56 Å². The van der Waals surface area contributed by atoms with Crippen molar-refractivity contribution in [3.05, 3.63) is 38.8 Å².